The van der Waals surface area contributed by atoms with E-state index in [0.717, 1.165) is 24.1 Å². The Hall–Kier alpha value is -1.14. The molecule has 6 heteroatoms. The van der Waals surface area contributed by atoms with Crippen molar-refractivity contribution in [3.05, 3.63) is 22.3 Å². The molecule has 1 rings (SSSR count). The molecule has 0 spiro atoms. The molecule has 1 amide bonds. The van der Waals surface area contributed by atoms with Crippen LogP contribution in [0.5, 0.6) is 0 Å². The van der Waals surface area contributed by atoms with E-state index in [1.54, 1.807) is 19.3 Å². The number of rotatable bonds is 7. The first-order valence-electron chi connectivity index (χ1n) is 6.88. The van der Waals surface area contributed by atoms with E-state index in [4.69, 9.17) is 0 Å². The number of anilines is 1. The maximum atomic E-state index is 12.3. The fraction of sp³-hybridized carbons (Fsp3) is 0.571. The minimum absolute atomic E-state index is 0.0890. The van der Waals surface area contributed by atoms with E-state index >= 15 is 0 Å². The highest BCUT2D eigenvalue weighted by atomic mass is 79.9. The van der Waals surface area contributed by atoms with Gasteiger partial charge in [0.1, 0.15) is 5.82 Å². The van der Waals surface area contributed by atoms with Crippen LogP contribution in [0.3, 0.4) is 0 Å². The number of amides is 1. The summed E-state index contributed by atoms with van der Waals surface area (Å²) in [4.78, 5) is 18.8. The van der Waals surface area contributed by atoms with Crippen LogP contribution in [0.4, 0.5) is 5.82 Å². The van der Waals surface area contributed by atoms with Crippen molar-refractivity contribution in [1.82, 2.24) is 15.2 Å². The maximum Gasteiger partial charge on any atom is 0.255 e. The first-order valence-corrected chi connectivity index (χ1v) is 7.67. The molecule has 1 heterocycles. The number of aromatic nitrogens is 1. The molecule has 0 bridgehead atoms. The first kappa shape index (κ1) is 16.9. The van der Waals surface area contributed by atoms with Gasteiger partial charge in [-0.25, -0.2) is 4.98 Å². The van der Waals surface area contributed by atoms with Crippen molar-refractivity contribution < 1.29 is 4.79 Å². The summed E-state index contributed by atoms with van der Waals surface area (Å²) in [5.41, 5.74) is 0.549. The Morgan fingerprint density at radius 1 is 1.45 bits per heavy atom. The van der Waals surface area contributed by atoms with Crippen LogP contribution in [0.2, 0.25) is 0 Å². The van der Waals surface area contributed by atoms with Gasteiger partial charge in [-0.05, 0) is 42.0 Å². The second kappa shape index (κ2) is 8.21. The lowest BCUT2D eigenvalue weighted by Crippen LogP contribution is -2.42. The minimum atomic E-state index is -0.109. The molecular formula is C14H23BrN4O. The molecule has 0 fully saturated rings. The van der Waals surface area contributed by atoms with Crippen LogP contribution in [0.25, 0.3) is 0 Å². The second-order valence-corrected chi connectivity index (χ2v) is 5.58. The number of carbonyl (C=O) groups is 1. The number of hydrogen-bond acceptors (Lipinski definition) is 4. The van der Waals surface area contributed by atoms with Crippen LogP contribution >= 0.6 is 15.9 Å². The number of nitrogens with one attached hydrogen (secondary N) is 2. The van der Waals surface area contributed by atoms with Crippen LogP contribution in [0.1, 0.15) is 31.1 Å². The van der Waals surface area contributed by atoms with Crippen molar-refractivity contribution in [1.29, 1.82) is 0 Å². The van der Waals surface area contributed by atoms with Crippen LogP contribution in [0.15, 0.2) is 16.7 Å². The van der Waals surface area contributed by atoms with E-state index in [9.17, 15) is 4.79 Å². The number of likely N-dealkylation sites (N-methyl/N-ethyl adjacent to an activating group) is 1. The molecule has 0 aliphatic heterocycles. The molecule has 0 aliphatic carbocycles. The predicted molar refractivity (Wildman–Crippen MR) is 86.2 cm³/mol. The topological polar surface area (TPSA) is 57.3 Å². The Morgan fingerprint density at radius 3 is 2.65 bits per heavy atom. The number of hydrogen-bond donors (Lipinski definition) is 2. The molecule has 0 saturated heterocycles. The lowest BCUT2D eigenvalue weighted by Gasteiger charge is -2.23. The first-order chi connectivity index (χ1) is 9.51. The lowest BCUT2D eigenvalue weighted by atomic mass is 10.2. The molecule has 20 heavy (non-hydrogen) atoms. The van der Waals surface area contributed by atoms with E-state index in [-0.39, 0.29) is 11.9 Å². The second-order valence-electron chi connectivity index (χ2n) is 4.66. The summed E-state index contributed by atoms with van der Waals surface area (Å²) in [6.07, 6.45) is 1.67. The molecule has 112 valence electrons. The van der Waals surface area contributed by atoms with Gasteiger partial charge in [-0.15, -0.1) is 0 Å². The van der Waals surface area contributed by atoms with Gasteiger partial charge >= 0.3 is 0 Å². The Bertz CT molecular complexity index is 449. The van der Waals surface area contributed by atoms with Crippen molar-refractivity contribution >= 4 is 27.7 Å². The number of halogens is 1. The molecular weight excluding hydrogens is 320 g/mol. The Labute approximate surface area is 129 Å². The van der Waals surface area contributed by atoms with E-state index in [1.807, 2.05) is 6.92 Å². The quantitative estimate of drug-likeness (QED) is 0.798. The van der Waals surface area contributed by atoms with Crippen molar-refractivity contribution in [2.45, 2.75) is 26.8 Å². The van der Waals surface area contributed by atoms with Gasteiger partial charge in [-0.3, -0.25) is 4.79 Å². The number of pyridine rings is 1. The monoisotopic (exact) mass is 342 g/mol. The minimum Gasteiger partial charge on any atom is -0.372 e. The molecule has 1 aromatic rings. The molecule has 2 N–H and O–H groups in total. The highest BCUT2D eigenvalue weighted by molar-refractivity contribution is 9.10. The van der Waals surface area contributed by atoms with Gasteiger partial charge in [0, 0.05) is 30.3 Å². The smallest absolute Gasteiger partial charge is 0.255 e. The summed E-state index contributed by atoms with van der Waals surface area (Å²) in [5.74, 6) is 0.476. The molecule has 0 saturated carbocycles. The van der Waals surface area contributed by atoms with Gasteiger partial charge in [0.2, 0.25) is 0 Å². The van der Waals surface area contributed by atoms with Crippen molar-refractivity contribution in [3.8, 4) is 0 Å². The zero-order chi connectivity index (χ0) is 15.1. The normalized spacial score (nSPS) is 12.3. The predicted octanol–water partition coefficient (Wildman–Crippen LogP) is 2.35. The van der Waals surface area contributed by atoms with E-state index in [1.165, 1.54) is 0 Å². The van der Waals surface area contributed by atoms with E-state index < -0.39 is 0 Å². The van der Waals surface area contributed by atoms with Gasteiger partial charge in [0.25, 0.3) is 5.91 Å². The SMILES string of the molecule is CCN(CC)CC(C)NC(=O)c1cc(Br)cnc1NC. The Kier molecular flexibility index (Phi) is 6.95. The average Bonchev–Trinajstić information content (AvgIpc) is 2.44. The van der Waals surface area contributed by atoms with Gasteiger partial charge in [-0.1, -0.05) is 13.8 Å². The van der Waals surface area contributed by atoms with Crippen LogP contribution in [0, 0.1) is 0 Å². The van der Waals surface area contributed by atoms with E-state index in [0.29, 0.717) is 11.4 Å². The molecule has 0 aromatic carbocycles. The Morgan fingerprint density at radius 2 is 2.10 bits per heavy atom. The summed E-state index contributed by atoms with van der Waals surface area (Å²) in [5, 5.41) is 5.95. The fourth-order valence-corrected chi connectivity index (χ4v) is 2.36. The fourth-order valence-electron chi connectivity index (χ4n) is 2.03. The molecule has 0 radical (unpaired) electrons. The zero-order valence-electron chi connectivity index (χ0n) is 12.5. The number of nitrogens with zero attached hydrogens (tertiary/aromatic N) is 2. The highest BCUT2D eigenvalue weighted by Gasteiger charge is 2.16. The summed E-state index contributed by atoms with van der Waals surface area (Å²) < 4.78 is 0.790. The number of carbonyl (C=O) groups excluding carboxylic acids is 1. The third kappa shape index (κ3) is 4.76. The maximum absolute atomic E-state index is 12.3. The lowest BCUT2D eigenvalue weighted by molar-refractivity contribution is 0.0931. The summed E-state index contributed by atoms with van der Waals surface area (Å²) >= 11 is 3.34. The summed E-state index contributed by atoms with van der Waals surface area (Å²) in [6.45, 7) is 9.06. The van der Waals surface area contributed by atoms with E-state index in [2.05, 4.69) is 50.3 Å². The molecule has 1 unspecified atom stereocenters. The Balaban J connectivity index is 2.73. The van der Waals surface area contributed by atoms with Gasteiger partial charge in [-0.2, -0.15) is 0 Å². The van der Waals surface area contributed by atoms with Gasteiger partial charge in [0.05, 0.1) is 5.56 Å². The molecule has 5 nitrogen and oxygen atoms in total. The van der Waals surface area contributed by atoms with Crippen molar-refractivity contribution in [2.75, 3.05) is 32.0 Å². The molecule has 0 aliphatic rings. The standard InChI is InChI=1S/C14H23BrN4O/c1-5-19(6-2)9-10(3)18-14(20)12-7-11(15)8-17-13(12)16-4/h7-8,10H,5-6,9H2,1-4H3,(H,16,17)(H,18,20). The average molecular weight is 343 g/mol. The molecule has 1 atom stereocenters. The van der Waals surface area contributed by atoms with Crippen LogP contribution in [-0.2, 0) is 0 Å². The third-order valence-corrected chi connectivity index (χ3v) is 3.57. The van der Waals surface area contributed by atoms with Crippen molar-refractivity contribution in [3.63, 3.8) is 0 Å². The zero-order valence-corrected chi connectivity index (χ0v) is 14.1. The van der Waals surface area contributed by atoms with Crippen LogP contribution in [-0.4, -0.2) is 48.5 Å². The third-order valence-electron chi connectivity index (χ3n) is 3.14. The summed E-state index contributed by atoms with van der Waals surface area (Å²) in [6, 6.07) is 1.87. The van der Waals surface area contributed by atoms with Gasteiger partial charge in [0.15, 0.2) is 0 Å². The van der Waals surface area contributed by atoms with Crippen molar-refractivity contribution in [2.24, 2.45) is 0 Å². The highest BCUT2D eigenvalue weighted by Crippen LogP contribution is 2.17. The largest absolute Gasteiger partial charge is 0.372 e. The molecule has 1 aromatic heterocycles. The van der Waals surface area contributed by atoms with Gasteiger partial charge < -0.3 is 15.5 Å². The summed E-state index contributed by atoms with van der Waals surface area (Å²) in [7, 11) is 1.76. The van der Waals surface area contributed by atoms with Crippen LogP contribution < -0.4 is 10.6 Å².